The Morgan fingerprint density at radius 2 is 1.59 bits per heavy atom. The molecule has 0 heterocycles. The molecule has 17 heavy (non-hydrogen) atoms. The van der Waals surface area contributed by atoms with E-state index in [0.29, 0.717) is 0 Å². The highest BCUT2D eigenvalue weighted by molar-refractivity contribution is 5.80. The lowest BCUT2D eigenvalue weighted by molar-refractivity contribution is -0.150. The van der Waals surface area contributed by atoms with Gasteiger partial charge in [0.15, 0.2) is 5.41 Å². The molecule has 0 saturated carbocycles. The molecule has 90 valence electrons. The van der Waals surface area contributed by atoms with Crippen molar-refractivity contribution in [2.24, 2.45) is 17.3 Å². The number of esters is 1. The highest BCUT2D eigenvalue weighted by Crippen LogP contribution is 2.34. The third kappa shape index (κ3) is 3.78. The molecule has 2 atom stereocenters. The minimum Gasteiger partial charge on any atom is -0.468 e. The summed E-state index contributed by atoms with van der Waals surface area (Å²) >= 11 is 0. The average Bonchev–Trinajstić information content (AvgIpc) is 2.36. The molecule has 0 aromatic carbocycles. The zero-order valence-corrected chi connectivity index (χ0v) is 10.2. The van der Waals surface area contributed by atoms with E-state index in [-0.39, 0.29) is 12.8 Å². The Morgan fingerprint density at radius 1 is 1.18 bits per heavy atom. The van der Waals surface area contributed by atoms with Gasteiger partial charge in [0.05, 0.1) is 25.3 Å². The Kier molecular flexibility index (Phi) is 5.72. The molecule has 0 radical (unpaired) electrons. The first kappa shape index (κ1) is 14.9. The molecule has 0 spiro atoms. The molecule has 0 aliphatic heterocycles. The number of carbonyl (C=O) groups excluding carboxylic acids is 1. The number of hydrogen-bond donors (Lipinski definition) is 0. The van der Waals surface area contributed by atoms with Gasteiger partial charge in [-0.3, -0.25) is 4.79 Å². The van der Waals surface area contributed by atoms with Crippen molar-refractivity contribution in [1.29, 1.82) is 15.8 Å². The van der Waals surface area contributed by atoms with Crippen LogP contribution in [0.3, 0.4) is 0 Å². The summed E-state index contributed by atoms with van der Waals surface area (Å²) in [7, 11) is 1.20. The third-order valence-electron chi connectivity index (χ3n) is 2.54. The predicted octanol–water partition coefficient (Wildman–Crippen LogP) is 1.77. The van der Waals surface area contributed by atoms with Crippen molar-refractivity contribution in [3.8, 4) is 18.2 Å². The molecular weight excluding hydrogens is 218 g/mol. The highest BCUT2D eigenvalue weighted by atomic mass is 16.5. The van der Waals surface area contributed by atoms with Crippen molar-refractivity contribution >= 4 is 5.97 Å². The lowest BCUT2D eigenvalue weighted by atomic mass is 9.75. The van der Waals surface area contributed by atoms with E-state index in [0.717, 1.165) is 0 Å². The topological polar surface area (TPSA) is 97.7 Å². The standard InChI is InChI=1S/C12H15N3O2/c1-9(6-13)4-12(8-15,11(16)17-3)5-10(2)7-14/h9-10H,4-5H2,1-3H3. The maximum absolute atomic E-state index is 11.7. The van der Waals surface area contributed by atoms with Gasteiger partial charge >= 0.3 is 5.97 Å². The van der Waals surface area contributed by atoms with E-state index in [9.17, 15) is 10.1 Å². The van der Waals surface area contributed by atoms with Crippen molar-refractivity contribution in [3.63, 3.8) is 0 Å². The average molecular weight is 233 g/mol. The second kappa shape index (κ2) is 6.51. The van der Waals surface area contributed by atoms with E-state index in [1.165, 1.54) is 7.11 Å². The SMILES string of the molecule is COC(=O)C(C#N)(CC(C)C#N)CC(C)C#N. The van der Waals surface area contributed by atoms with E-state index in [1.54, 1.807) is 13.8 Å². The van der Waals surface area contributed by atoms with Crippen LogP contribution in [0, 0.1) is 51.2 Å². The number of nitrogens with zero attached hydrogens (tertiary/aromatic N) is 3. The first-order chi connectivity index (χ1) is 7.95. The van der Waals surface area contributed by atoms with E-state index in [4.69, 9.17) is 10.5 Å². The van der Waals surface area contributed by atoms with Crippen molar-refractivity contribution in [3.05, 3.63) is 0 Å². The van der Waals surface area contributed by atoms with Crippen LogP contribution in [-0.2, 0) is 9.53 Å². The number of ether oxygens (including phenoxy) is 1. The highest BCUT2D eigenvalue weighted by Gasteiger charge is 2.42. The summed E-state index contributed by atoms with van der Waals surface area (Å²) in [5.74, 6) is -1.57. The molecule has 0 aliphatic carbocycles. The lowest BCUT2D eigenvalue weighted by Gasteiger charge is -2.25. The molecule has 0 bridgehead atoms. The number of methoxy groups -OCH3 is 1. The summed E-state index contributed by atoms with van der Waals surface area (Å²) in [6, 6.07) is 5.89. The summed E-state index contributed by atoms with van der Waals surface area (Å²) in [5, 5.41) is 26.7. The van der Waals surface area contributed by atoms with Gasteiger partial charge in [-0.05, 0) is 26.7 Å². The Hall–Kier alpha value is -2.06. The first-order valence-corrected chi connectivity index (χ1v) is 5.24. The molecule has 2 unspecified atom stereocenters. The van der Waals surface area contributed by atoms with Crippen LogP contribution in [0.2, 0.25) is 0 Å². The molecule has 0 aliphatic rings. The maximum Gasteiger partial charge on any atom is 0.326 e. The molecule has 0 saturated heterocycles. The third-order valence-corrected chi connectivity index (χ3v) is 2.54. The second-order valence-corrected chi connectivity index (χ2v) is 4.15. The normalized spacial score (nSPS) is 16.5. The predicted molar refractivity (Wildman–Crippen MR) is 58.9 cm³/mol. The van der Waals surface area contributed by atoms with Crippen molar-refractivity contribution in [2.75, 3.05) is 7.11 Å². The van der Waals surface area contributed by atoms with Gasteiger partial charge in [0, 0.05) is 11.8 Å². The number of rotatable bonds is 5. The van der Waals surface area contributed by atoms with Gasteiger partial charge in [-0.2, -0.15) is 15.8 Å². The van der Waals surface area contributed by atoms with Gasteiger partial charge in [0.1, 0.15) is 0 Å². The van der Waals surface area contributed by atoms with Crippen molar-refractivity contribution < 1.29 is 9.53 Å². The summed E-state index contributed by atoms with van der Waals surface area (Å²) in [6.07, 6.45) is 0.164. The van der Waals surface area contributed by atoms with Crippen LogP contribution in [-0.4, -0.2) is 13.1 Å². The quantitative estimate of drug-likeness (QED) is 0.674. The molecule has 0 amide bonds. The van der Waals surface area contributed by atoms with Gasteiger partial charge in [-0.15, -0.1) is 0 Å². The Balaban J connectivity index is 5.19. The minimum atomic E-state index is -1.40. The molecular formula is C12H15N3O2. The molecule has 0 rings (SSSR count). The summed E-state index contributed by atoms with van der Waals surface area (Å²) in [4.78, 5) is 11.7. The van der Waals surface area contributed by atoms with Gasteiger partial charge < -0.3 is 4.74 Å². The lowest BCUT2D eigenvalue weighted by Crippen LogP contribution is -2.34. The molecule has 5 nitrogen and oxygen atoms in total. The van der Waals surface area contributed by atoms with Crippen LogP contribution < -0.4 is 0 Å². The Morgan fingerprint density at radius 3 is 1.82 bits per heavy atom. The Bertz CT molecular complexity index is 375. The zero-order valence-electron chi connectivity index (χ0n) is 10.2. The summed E-state index contributed by atoms with van der Waals surface area (Å²) in [6.45, 7) is 3.26. The number of carbonyl (C=O) groups is 1. The van der Waals surface area contributed by atoms with Gasteiger partial charge in [-0.1, -0.05) is 0 Å². The molecule has 0 aromatic rings. The Labute approximate surface area is 101 Å². The van der Waals surface area contributed by atoms with E-state index < -0.39 is 23.2 Å². The fourth-order valence-electron chi connectivity index (χ4n) is 1.72. The van der Waals surface area contributed by atoms with Gasteiger partial charge in [0.2, 0.25) is 0 Å². The van der Waals surface area contributed by atoms with Crippen LogP contribution in [0.4, 0.5) is 0 Å². The maximum atomic E-state index is 11.7. The summed E-state index contributed by atoms with van der Waals surface area (Å²) in [5.41, 5.74) is -1.40. The van der Waals surface area contributed by atoms with Gasteiger partial charge in [0.25, 0.3) is 0 Å². The van der Waals surface area contributed by atoms with E-state index in [2.05, 4.69) is 4.74 Å². The molecule has 5 heteroatoms. The van der Waals surface area contributed by atoms with Crippen LogP contribution in [0.15, 0.2) is 0 Å². The van der Waals surface area contributed by atoms with Gasteiger partial charge in [-0.25, -0.2) is 0 Å². The van der Waals surface area contributed by atoms with Crippen LogP contribution in [0.5, 0.6) is 0 Å². The molecule has 0 N–H and O–H groups in total. The van der Waals surface area contributed by atoms with E-state index in [1.807, 2.05) is 18.2 Å². The first-order valence-electron chi connectivity index (χ1n) is 5.24. The van der Waals surface area contributed by atoms with Crippen molar-refractivity contribution in [1.82, 2.24) is 0 Å². The van der Waals surface area contributed by atoms with Crippen LogP contribution >= 0.6 is 0 Å². The summed E-state index contributed by atoms with van der Waals surface area (Å²) < 4.78 is 4.62. The van der Waals surface area contributed by atoms with E-state index >= 15 is 0 Å². The molecule has 0 aromatic heterocycles. The zero-order chi connectivity index (χ0) is 13.5. The monoisotopic (exact) mass is 233 g/mol. The second-order valence-electron chi connectivity index (χ2n) is 4.15. The smallest absolute Gasteiger partial charge is 0.326 e. The fourth-order valence-corrected chi connectivity index (χ4v) is 1.72. The molecule has 0 fully saturated rings. The van der Waals surface area contributed by atoms with Crippen LogP contribution in [0.1, 0.15) is 26.7 Å². The van der Waals surface area contributed by atoms with Crippen molar-refractivity contribution in [2.45, 2.75) is 26.7 Å². The number of hydrogen-bond acceptors (Lipinski definition) is 5. The van der Waals surface area contributed by atoms with Crippen LogP contribution in [0.25, 0.3) is 0 Å². The fraction of sp³-hybridized carbons (Fsp3) is 0.667. The largest absolute Gasteiger partial charge is 0.468 e. The minimum absolute atomic E-state index is 0.0820. The number of nitriles is 3.